The second-order valence-electron chi connectivity index (χ2n) is 9.49. The molecule has 162 valence electrons. The highest BCUT2D eigenvalue weighted by Gasteiger charge is 2.32. The number of rotatable bonds is 4. The first kappa shape index (κ1) is 19.9. The van der Waals surface area contributed by atoms with Crippen LogP contribution in [0.2, 0.25) is 0 Å². The van der Waals surface area contributed by atoms with E-state index >= 15 is 0 Å². The van der Waals surface area contributed by atoms with Gasteiger partial charge in [-0.05, 0) is 44.2 Å². The van der Waals surface area contributed by atoms with Crippen LogP contribution >= 0.6 is 0 Å². The third-order valence-electron chi connectivity index (χ3n) is 7.62. The normalized spacial score (nSPS) is 23.5. The molecule has 1 aromatic heterocycles. The first-order valence-corrected chi connectivity index (χ1v) is 11.9. The largest absolute Gasteiger partial charge is 0.495 e. The summed E-state index contributed by atoms with van der Waals surface area (Å²) in [4.78, 5) is 18.3. The molecule has 0 N–H and O–H groups in total. The number of nitrogens with zero attached hydrogens (tertiary/aromatic N) is 3. The zero-order chi connectivity index (χ0) is 20.5. The van der Waals surface area contributed by atoms with Crippen LogP contribution in [-0.2, 0) is 6.54 Å². The van der Waals surface area contributed by atoms with Gasteiger partial charge >= 0.3 is 0 Å². The zero-order valence-corrected chi connectivity index (χ0v) is 18.3. The Kier molecular flexibility index (Phi) is 5.72. The van der Waals surface area contributed by atoms with E-state index < -0.39 is 0 Å². The minimum atomic E-state index is 0.195. The minimum absolute atomic E-state index is 0.195. The average molecular weight is 410 g/mol. The fourth-order valence-electron chi connectivity index (χ4n) is 5.96. The van der Waals surface area contributed by atoms with E-state index in [4.69, 9.17) is 4.74 Å². The van der Waals surface area contributed by atoms with Gasteiger partial charge in [0.1, 0.15) is 5.75 Å². The second kappa shape index (κ2) is 8.62. The van der Waals surface area contributed by atoms with Crippen LogP contribution in [0, 0.1) is 5.92 Å². The van der Waals surface area contributed by atoms with Gasteiger partial charge in [-0.2, -0.15) is 0 Å². The first-order valence-electron chi connectivity index (χ1n) is 11.9. The van der Waals surface area contributed by atoms with Crippen molar-refractivity contribution in [3.05, 3.63) is 30.0 Å². The maximum Gasteiger partial charge on any atom is 0.256 e. The standard InChI is InChI=1S/C25H35N3O2/c1-30-23-12-7-11-21-22(18-28(24(21)23)16-19-8-3-2-4-9-19)25(29)27-15-14-26-13-6-5-10-20(26)17-27/h7,11-12,18-20H,2-6,8-10,13-17H2,1H3/t20-/m1/s1. The molecule has 5 nitrogen and oxygen atoms in total. The Bertz CT molecular complexity index is 899. The number of benzene rings is 1. The molecule has 2 saturated heterocycles. The van der Waals surface area contributed by atoms with Crippen LogP contribution in [0.5, 0.6) is 5.75 Å². The molecule has 0 spiro atoms. The van der Waals surface area contributed by atoms with Crippen LogP contribution < -0.4 is 4.74 Å². The number of ether oxygens (including phenoxy) is 1. The van der Waals surface area contributed by atoms with E-state index in [1.165, 1.54) is 57.9 Å². The fourth-order valence-corrected chi connectivity index (χ4v) is 5.96. The van der Waals surface area contributed by atoms with Gasteiger partial charge in [0.15, 0.2) is 0 Å². The van der Waals surface area contributed by atoms with Crippen LogP contribution in [0.3, 0.4) is 0 Å². The predicted octanol–water partition coefficient (Wildman–Crippen LogP) is 4.54. The topological polar surface area (TPSA) is 37.7 Å². The maximum absolute atomic E-state index is 13.6. The number of piperidine rings is 1. The van der Waals surface area contributed by atoms with Crippen molar-refractivity contribution in [2.24, 2.45) is 5.92 Å². The quantitative estimate of drug-likeness (QED) is 0.744. The van der Waals surface area contributed by atoms with Crippen molar-refractivity contribution in [2.45, 2.75) is 64.0 Å². The van der Waals surface area contributed by atoms with E-state index in [0.717, 1.165) is 48.4 Å². The van der Waals surface area contributed by atoms with Crippen molar-refractivity contribution in [1.82, 2.24) is 14.4 Å². The number of piperazine rings is 1. The van der Waals surface area contributed by atoms with Gasteiger partial charge in [0.2, 0.25) is 0 Å². The molecule has 2 aliphatic heterocycles. The second-order valence-corrected chi connectivity index (χ2v) is 9.49. The summed E-state index contributed by atoms with van der Waals surface area (Å²) in [7, 11) is 1.73. The minimum Gasteiger partial charge on any atom is -0.495 e. The van der Waals surface area contributed by atoms with Crippen LogP contribution in [0.4, 0.5) is 0 Å². The van der Waals surface area contributed by atoms with E-state index in [1.807, 2.05) is 12.1 Å². The summed E-state index contributed by atoms with van der Waals surface area (Å²) in [5, 5.41) is 1.04. The third kappa shape index (κ3) is 3.73. The molecule has 5 heteroatoms. The van der Waals surface area contributed by atoms with Crippen molar-refractivity contribution in [1.29, 1.82) is 0 Å². The number of fused-ring (bicyclic) bond motifs is 2. The molecule has 5 rings (SSSR count). The van der Waals surface area contributed by atoms with Crippen LogP contribution in [0.25, 0.3) is 10.9 Å². The number of amides is 1. The lowest BCUT2D eigenvalue weighted by molar-refractivity contribution is 0.0374. The highest BCUT2D eigenvalue weighted by molar-refractivity contribution is 6.08. The molecular weight excluding hydrogens is 374 g/mol. The molecule has 3 fully saturated rings. The number of carbonyl (C=O) groups excluding carboxylic acids is 1. The Morgan fingerprint density at radius 2 is 1.87 bits per heavy atom. The number of hydrogen-bond acceptors (Lipinski definition) is 3. The van der Waals surface area contributed by atoms with Crippen molar-refractivity contribution < 1.29 is 9.53 Å². The first-order chi connectivity index (χ1) is 14.7. The number of aromatic nitrogens is 1. The van der Waals surface area contributed by atoms with Crippen LogP contribution in [-0.4, -0.2) is 59.6 Å². The molecule has 0 bridgehead atoms. The average Bonchev–Trinajstić information content (AvgIpc) is 3.17. The third-order valence-corrected chi connectivity index (χ3v) is 7.62. The molecule has 0 unspecified atom stereocenters. The van der Waals surface area contributed by atoms with Crippen LogP contribution in [0.1, 0.15) is 61.7 Å². The molecule has 1 atom stereocenters. The fraction of sp³-hybridized carbons (Fsp3) is 0.640. The van der Waals surface area contributed by atoms with Gasteiger partial charge in [-0.1, -0.05) is 37.8 Å². The highest BCUT2D eigenvalue weighted by Crippen LogP contribution is 2.34. The van der Waals surface area contributed by atoms with E-state index in [0.29, 0.717) is 12.0 Å². The molecule has 0 radical (unpaired) electrons. The summed E-state index contributed by atoms with van der Waals surface area (Å²) in [6.45, 7) is 4.91. The van der Waals surface area contributed by atoms with Crippen molar-refractivity contribution in [2.75, 3.05) is 33.3 Å². The summed E-state index contributed by atoms with van der Waals surface area (Å²) in [6.07, 6.45) is 12.6. The SMILES string of the molecule is COc1cccc2c(C(=O)N3CCN4CCCC[C@@H]4C3)cn(CC3CCCCC3)c12. The Hall–Kier alpha value is -2.01. The van der Waals surface area contributed by atoms with E-state index in [2.05, 4.69) is 26.6 Å². The number of hydrogen-bond donors (Lipinski definition) is 0. The summed E-state index contributed by atoms with van der Waals surface area (Å²) in [5.41, 5.74) is 1.94. The molecular formula is C25H35N3O2. The summed E-state index contributed by atoms with van der Waals surface area (Å²) >= 11 is 0. The van der Waals surface area contributed by atoms with Gasteiger partial charge in [0.05, 0.1) is 18.2 Å². The Labute approximate surface area is 180 Å². The van der Waals surface area contributed by atoms with Gasteiger partial charge in [-0.15, -0.1) is 0 Å². The van der Waals surface area contributed by atoms with Crippen molar-refractivity contribution >= 4 is 16.8 Å². The summed E-state index contributed by atoms with van der Waals surface area (Å²) < 4.78 is 8.03. The van der Waals surface area contributed by atoms with Crippen LogP contribution in [0.15, 0.2) is 24.4 Å². The Morgan fingerprint density at radius 1 is 1.03 bits per heavy atom. The van der Waals surface area contributed by atoms with E-state index in [1.54, 1.807) is 7.11 Å². The van der Waals surface area contributed by atoms with Gasteiger partial charge < -0.3 is 14.2 Å². The molecule has 30 heavy (non-hydrogen) atoms. The lowest BCUT2D eigenvalue weighted by Gasteiger charge is -2.44. The highest BCUT2D eigenvalue weighted by atomic mass is 16.5. The Morgan fingerprint density at radius 3 is 2.70 bits per heavy atom. The monoisotopic (exact) mass is 409 g/mol. The zero-order valence-electron chi connectivity index (χ0n) is 18.3. The lowest BCUT2D eigenvalue weighted by atomic mass is 9.89. The molecule has 1 saturated carbocycles. The predicted molar refractivity (Wildman–Crippen MR) is 120 cm³/mol. The van der Waals surface area contributed by atoms with Gasteiger partial charge in [0.25, 0.3) is 5.91 Å². The molecule has 2 aromatic rings. The molecule has 1 aliphatic carbocycles. The number of para-hydroxylation sites is 1. The summed E-state index contributed by atoms with van der Waals surface area (Å²) in [5.74, 6) is 1.77. The summed E-state index contributed by atoms with van der Waals surface area (Å²) in [6, 6.07) is 6.68. The maximum atomic E-state index is 13.6. The molecule has 1 aromatic carbocycles. The van der Waals surface area contributed by atoms with Gasteiger partial charge in [-0.25, -0.2) is 0 Å². The van der Waals surface area contributed by atoms with E-state index in [-0.39, 0.29) is 5.91 Å². The molecule has 3 heterocycles. The van der Waals surface area contributed by atoms with Crippen molar-refractivity contribution in [3.8, 4) is 5.75 Å². The number of carbonyl (C=O) groups is 1. The molecule has 3 aliphatic rings. The number of methoxy groups -OCH3 is 1. The van der Waals surface area contributed by atoms with Gasteiger partial charge in [0, 0.05) is 43.8 Å². The van der Waals surface area contributed by atoms with Gasteiger partial charge in [-0.3, -0.25) is 9.69 Å². The van der Waals surface area contributed by atoms with E-state index in [9.17, 15) is 4.79 Å². The smallest absolute Gasteiger partial charge is 0.256 e. The lowest BCUT2D eigenvalue weighted by Crippen LogP contribution is -2.56. The Balaban J connectivity index is 1.45. The van der Waals surface area contributed by atoms with Crippen molar-refractivity contribution in [3.63, 3.8) is 0 Å². The molecule has 1 amide bonds.